The molecule has 0 spiro atoms. The number of halogens is 1. The molecule has 1 N–H and O–H groups in total. The molecule has 2 aromatic carbocycles. The van der Waals surface area contributed by atoms with Gasteiger partial charge in [0.05, 0.1) is 21.6 Å². The van der Waals surface area contributed by atoms with Gasteiger partial charge in [0.2, 0.25) is 0 Å². The number of non-ortho nitro benzene ring substituents is 1. The van der Waals surface area contributed by atoms with E-state index in [0.29, 0.717) is 5.92 Å². The van der Waals surface area contributed by atoms with Crippen LogP contribution in [0.4, 0.5) is 11.4 Å². The lowest BCUT2D eigenvalue weighted by Gasteiger charge is -2.33. The number of hydrogen-bond acceptors (Lipinski definition) is 4. The summed E-state index contributed by atoms with van der Waals surface area (Å²) < 4.78 is 0. The van der Waals surface area contributed by atoms with Crippen molar-refractivity contribution >= 4 is 28.9 Å². The first kappa shape index (κ1) is 20.1. The largest absolute Gasteiger partial charge is 0.371 e. The SMILES string of the molecule is C[C@H]1CCCN(c2ccc([C@@H](C)NC(=O)c3cc([N+](=O)[O-])ccc3Cl)cc2)C1. The minimum atomic E-state index is -0.545. The van der Waals surface area contributed by atoms with Crippen LogP contribution in [0.15, 0.2) is 42.5 Å². The monoisotopic (exact) mass is 401 g/mol. The van der Waals surface area contributed by atoms with Crippen molar-refractivity contribution in [2.24, 2.45) is 5.92 Å². The van der Waals surface area contributed by atoms with Crippen LogP contribution in [-0.4, -0.2) is 23.9 Å². The number of piperidine rings is 1. The van der Waals surface area contributed by atoms with Crippen LogP contribution >= 0.6 is 11.6 Å². The zero-order chi connectivity index (χ0) is 20.3. The molecule has 1 aliphatic heterocycles. The third-order valence-electron chi connectivity index (χ3n) is 5.17. The zero-order valence-corrected chi connectivity index (χ0v) is 16.8. The van der Waals surface area contributed by atoms with E-state index in [2.05, 4.69) is 29.3 Å². The predicted molar refractivity (Wildman–Crippen MR) is 111 cm³/mol. The maximum Gasteiger partial charge on any atom is 0.270 e. The Morgan fingerprint density at radius 1 is 1.29 bits per heavy atom. The van der Waals surface area contributed by atoms with Crippen molar-refractivity contribution in [1.29, 1.82) is 0 Å². The van der Waals surface area contributed by atoms with Gasteiger partial charge in [-0.1, -0.05) is 30.7 Å². The smallest absolute Gasteiger partial charge is 0.270 e. The Morgan fingerprint density at radius 2 is 2.00 bits per heavy atom. The normalized spacial score (nSPS) is 17.8. The molecule has 1 amide bonds. The van der Waals surface area contributed by atoms with E-state index >= 15 is 0 Å². The molecule has 1 saturated heterocycles. The quantitative estimate of drug-likeness (QED) is 0.566. The van der Waals surface area contributed by atoms with Crippen LogP contribution in [-0.2, 0) is 0 Å². The summed E-state index contributed by atoms with van der Waals surface area (Å²) in [6.45, 7) is 6.29. The van der Waals surface area contributed by atoms with Crippen molar-refractivity contribution < 1.29 is 9.72 Å². The van der Waals surface area contributed by atoms with Crippen molar-refractivity contribution in [3.63, 3.8) is 0 Å². The van der Waals surface area contributed by atoms with Gasteiger partial charge in [-0.25, -0.2) is 0 Å². The molecule has 0 saturated carbocycles. The maximum absolute atomic E-state index is 12.5. The Labute approximate surface area is 169 Å². The van der Waals surface area contributed by atoms with Gasteiger partial charge in [0.15, 0.2) is 0 Å². The minimum Gasteiger partial charge on any atom is -0.371 e. The number of amides is 1. The fourth-order valence-corrected chi connectivity index (χ4v) is 3.76. The number of rotatable bonds is 5. The second-order valence-corrected chi connectivity index (χ2v) is 7.81. The van der Waals surface area contributed by atoms with E-state index in [0.717, 1.165) is 18.7 Å². The van der Waals surface area contributed by atoms with Gasteiger partial charge in [0.1, 0.15) is 0 Å². The van der Waals surface area contributed by atoms with E-state index in [1.807, 2.05) is 19.1 Å². The summed E-state index contributed by atoms with van der Waals surface area (Å²) in [5.74, 6) is 0.265. The molecule has 1 aliphatic rings. The molecule has 0 aliphatic carbocycles. The molecule has 0 bridgehead atoms. The van der Waals surface area contributed by atoms with Crippen molar-refractivity contribution in [2.45, 2.75) is 32.7 Å². The predicted octanol–water partition coefficient (Wildman–Crippen LogP) is 4.98. The highest BCUT2D eigenvalue weighted by Gasteiger charge is 2.19. The summed E-state index contributed by atoms with van der Waals surface area (Å²) in [5.41, 5.74) is 2.09. The molecule has 0 unspecified atom stereocenters. The van der Waals surface area contributed by atoms with E-state index in [4.69, 9.17) is 11.6 Å². The number of anilines is 1. The molecular weight excluding hydrogens is 378 g/mol. The standard InChI is InChI=1S/C21H24ClN3O3/c1-14-4-3-11-24(13-14)17-7-5-16(6-8-17)15(2)23-21(26)19-12-18(25(27)28)9-10-20(19)22/h5-10,12,14-15H,3-4,11,13H2,1-2H3,(H,23,26)/t14-,15+/m0/s1. The number of nitro groups is 1. The molecule has 0 radical (unpaired) electrons. The van der Waals surface area contributed by atoms with Gasteiger partial charge in [-0.3, -0.25) is 14.9 Å². The van der Waals surface area contributed by atoms with Gasteiger partial charge in [-0.15, -0.1) is 0 Å². The summed E-state index contributed by atoms with van der Waals surface area (Å²) in [6.07, 6.45) is 2.48. The molecule has 2 aromatic rings. The van der Waals surface area contributed by atoms with Gasteiger partial charge in [-0.05, 0) is 49.4 Å². The topological polar surface area (TPSA) is 75.5 Å². The summed E-state index contributed by atoms with van der Waals surface area (Å²) in [6, 6.07) is 11.8. The highest BCUT2D eigenvalue weighted by Crippen LogP contribution is 2.26. The Kier molecular flexibility index (Phi) is 6.19. The van der Waals surface area contributed by atoms with Crippen molar-refractivity contribution in [2.75, 3.05) is 18.0 Å². The van der Waals surface area contributed by atoms with Crippen LogP contribution in [0.5, 0.6) is 0 Å². The average Bonchev–Trinajstić information content (AvgIpc) is 2.68. The van der Waals surface area contributed by atoms with E-state index in [1.165, 1.54) is 36.7 Å². The fraction of sp³-hybridized carbons (Fsp3) is 0.381. The molecule has 2 atom stereocenters. The molecule has 0 aromatic heterocycles. The van der Waals surface area contributed by atoms with Crippen molar-refractivity contribution in [3.05, 3.63) is 68.7 Å². The van der Waals surface area contributed by atoms with Crippen LogP contribution in [0.3, 0.4) is 0 Å². The first-order valence-corrected chi connectivity index (χ1v) is 9.82. The lowest BCUT2D eigenvalue weighted by Crippen LogP contribution is -2.34. The molecule has 7 heteroatoms. The first-order chi connectivity index (χ1) is 13.3. The molecule has 1 fully saturated rings. The Balaban J connectivity index is 1.69. The number of nitrogens with zero attached hydrogens (tertiary/aromatic N) is 2. The third-order valence-corrected chi connectivity index (χ3v) is 5.50. The second-order valence-electron chi connectivity index (χ2n) is 7.40. The van der Waals surface area contributed by atoms with E-state index in [-0.39, 0.29) is 22.3 Å². The number of carbonyl (C=O) groups excluding carboxylic acids is 1. The van der Waals surface area contributed by atoms with Crippen molar-refractivity contribution in [1.82, 2.24) is 5.32 Å². The van der Waals surface area contributed by atoms with Gasteiger partial charge in [-0.2, -0.15) is 0 Å². The summed E-state index contributed by atoms with van der Waals surface area (Å²) in [7, 11) is 0. The number of carbonyl (C=O) groups is 1. The van der Waals surface area contributed by atoms with Gasteiger partial charge < -0.3 is 10.2 Å². The van der Waals surface area contributed by atoms with E-state index in [9.17, 15) is 14.9 Å². The van der Waals surface area contributed by atoms with Crippen LogP contribution < -0.4 is 10.2 Å². The fourth-order valence-electron chi connectivity index (χ4n) is 3.56. The highest BCUT2D eigenvalue weighted by atomic mass is 35.5. The Morgan fingerprint density at radius 3 is 2.64 bits per heavy atom. The summed E-state index contributed by atoms with van der Waals surface area (Å²) in [4.78, 5) is 25.3. The van der Waals surface area contributed by atoms with Gasteiger partial charge in [0.25, 0.3) is 11.6 Å². The Bertz CT molecular complexity index is 870. The van der Waals surface area contributed by atoms with Crippen LogP contribution in [0.2, 0.25) is 5.02 Å². The first-order valence-electron chi connectivity index (χ1n) is 9.45. The molecule has 28 heavy (non-hydrogen) atoms. The number of benzene rings is 2. The Hall–Kier alpha value is -2.60. The number of hydrogen-bond donors (Lipinski definition) is 1. The molecule has 3 rings (SSSR count). The van der Waals surface area contributed by atoms with Gasteiger partial charge in [0, 0.05) is 30.9 Å². The second kappa shape index (κ2) is 8.61. The van der Waals surface area contributed by atoms with Crippen molar-refractivity contribution in [3.8, 4) is 0 Å². The van der Waals surface area contributed by atoms with Crippen LogP contribution in [0, 0.1) is 16.0 Å². The molecule has 1 heterocycles. The number of nitrogens with one attached hydrogen (secondary N) is 1. The van der Waals surface area contributed by atoms with E-state index < -0.39 is 10.8 Å². The summed E-state index contributed by atoms with van der Waals surface area (Å²) in [5, 5.41) is 14.0. The maximum atomic E-state index is 12.5. The van der Waals surface area contributed by atoms with Crippen LogP contribution in [0.1, 0.15) is 48.7 Å². The highest BCUT2D eigenvalue weighted by molar-refractivity contribution is 6.33. The van der Waals surface area contributed by atoms with Gasteiger partial charge >= 0.3 is 0 Å². The summed E-state index contributed by atoms with van der Waals surface area (Å²) >= 11 is 6.05. The van der Waals surface area contributed by atoms with E-state index in [1.54, 1.807) is 0 Å². The number of nitro benzene ring substituents is 1. The molecular formula is C21H24ClN3O3. The molecule has 6 nitrogen and oxygen atoms in total. The van der Waals surface area contributed by atoms with Crippen LogP contribution in [0.25, 0.3) is 0 Å². The lowest BCUT2D eigenvalue weighted by atomic mass is 9.99. The molecule has 148 valence electrons. The minimum absolute atomic E-state index is 0.0987. The average molecular weight is 402 g/mol. The zero-order valence-electron chi connectivity index (χ0n) is 16.0. The lowest BCUT2D eigenvalue weighted by molar-refractivity contribution is -0.384. The third kappa shape index (κ3) is 4.62.